The molecule has 104 valence electrons. The fourth-order valence-electron chi connectivity index (χ4n) is 1.44. The molecule has 0 aromatic heterocycles. The van der Waals surface area contributed by atoms with Gasteiger partial charge in [0.05, 0.1) is 12.6 Å². The van der Waals surface area contributed by atoms with Crippen molar-refractivity contribution >= 4 is 46.6 Å². The number of amides is 1. The molecule has 6 nitrogen and oxygen atoms in total. The van der Waals surface area contributed by atoms with Crippen molar-refractivity contribution in [2.24, 2.45) is 10.2 Å². The van der Waals surface area contributed by atoms with Crippen molar-refractivity contribution in [1.29, 1.82) is 0 Å². The number of hydrogen-bond donors (Lipinski definition) is 2. The van der Waals surface area contributed by atoms with Gasteiger partial charge in [0.2, 0.25) is 5.91 Å². The lowest BCUT2D eigenvalue weighted by Crippen LogP contribution is -2.26. The Labute approximate surface area is 123 Å². The van der Waals surface area contributed by atoms with E-state index in [0.717, 1.165) is 17.3 Å². The van der Waals surface area contributed by atoms with Gasteiger partial charge < -0.3 is 10.4 Å². The third-order valence-corrected chi connectivity index (χ3v) is 3.69. The van der Waals surface area contributed by atoms with Gasteiger partial charge in [-0.3, -0.25) is 9.59 Å². The van der Waals surface area contributed by atoms with E-state index in [1.54, 1.807) is 24.3 Å². The average molecular weight is 312 g/mol. The van der Waals surface area contributed by atoms with Crippen LogP contribution in [0.1, 0.15) is 12.0 Å². The summed E-state index contributed by atoms with van der Waals surface area (Å²) in [4.78, 5) is 22.0. The Morgan fingerprint density at radius 2 is 2.15 bits per heavy atom. The van der Waals surface area contributed by atoms with Crippen LogP contribution in [0.2, 0.25) is 5.02 Å². The smallest absolute Gasteiger partial charge is 0.305 e. The normalized spacial score (nSPS) is 20.6. The van der Waals surface area contributed by atoms with Crippen LogP contribution in [0.5, 0.6) is 0 Å². The number of carbonyl (C=O) groups is 2. The molecule has 8 heteroatoms. The summed E-state index contributed by atoms with van der Waals surface area (Å²) in [5.74, 6) is -1.39. The zero-order chi connectivity index (χ0) is 14.5. The number of hydrogen-bond acceptors (Lipinski definition) is 5. The molecule has 0 bridgehead atoms. The molecule has 1 aliphatic heterocycles. The van der Waals surface area contributed by atoms with Gasteiger partial charge in [0, 0.05) is 5.02 Å². The number of aliphatic carboxylic acids is 1. The maximum absolute atomic E-state index is 11.4. The Morgan fingerprint density at radius 3 is 2.80 bits per heavy atom. The van der Waals surface area contributed by atoms with Gasteiger partial charge in [-0.1, -0.05) is 35.5 Å². The van der Waals surface area contributed by atoms with Crippen LogP contribution in [0.15, 0.2) is 34.5 Å². The molecular weight excluding hydrogens is 302 g/mol. The van der Waals surface area contributed by atoms with Crippen LogP contribution in [0.25, 0.3) is 0 Å². The molecule has 2 N–H and O–H groups in total. The molecule has 1 fully saturated rings. The summed E-state index contributed by atoms with van der Waals surface area (Å²) >= 11 is 6.81. The first-order chi connectivity index (χ1) is 9.54. The molecular formula is C12H10ClN3O3S. The predicted octanol–water partition coefficient (Wildman–Crippen LogP) is 1.74. The fraction of sp³-hybridized carbons (Fsp3) is 0.167. The molecule has 1 aromatic carbocycles. The maximum Gasteiger partial charge on any atom is 0.305 e. The van der Waals surface area contributed by atoms with Gasteiger partial charge in [-0.25, -0.2) is 0 Å². The summed E-state index contributed by atoms with van der Waals surface area (Å²) in [7, 11) is 0. The van der Waals surface area contributed by atoms with Crippen LogP contribution < -0.4 is 5.32 Å². The number of amidine groups is 1. The second-order valence-electron chi connectivity index (χ2n) is 3.89. The summed E-state index contributed by atoms with van der Waals surface area (Å²) < 4.78 is 0. The molecule has 1 amide bonds. The zero-order valence-electron chi connectivity index (χ0n) is 10.1. The van der Waals surface area contributed by atoms with Gasteiger partial charge in [-0.15, -0.1) is 5.10 Å². The largest absolute Gasteiger partial charge is 0.481 e. The van der Waals surface area contributed by atoms with Gasteiger partial charge >= 0.3 is 5.97 Å². The first-order valence-corrected chi connectivity index (χ1v) is 6.86. The highest BCUT2D eigenvalue weighted by Gasteiger charge is 2.32. The van der Waals surface area contributed by atoms with E-state index in [0.29, 0.717) is 10.2 Å². The number of carboxylic acids is 1. The molecule has 1 aromatic rings. The van der Waals surface area contributed by atoms with Gasteiger partial charge in [0.25, 0.3) is 0 Å². The lowest BCUT2D eigenvalue weighted by atomic mass is 10.2. The number of nitrogens with zero attached hydrogens (tertiary/aromatic N) is 2. The Balaban J connectivity index is 1.97. The Bertz CT molecular complexity index is 586. The Hall–Kier alpha value is -1.86. The number of halogens is 1. The highest BCUT2D eigenvalue weighted by molar-refractivity contribution is 8.15. The summed E-state index contributed by atoms with van der Waals surface area (Å²) in [6, 6.07) is 7.01. The number of carbonyl (C=O) groups excluding carboxylic acids is 1. The second-order valence-corrected chi connectivity index (χ2v) is 5.52. The first-order valence-electron chi connectivity index (χ1n) is 5.60. The number of rotatable bonds is 4. The van der Waals surface area contributed by atoms with Crippen molar-refractivity contribution in [1.82, 2.24) is 5.32 Å². The monoisotopic (exact) mass is 311 g/mol. The van der Waals surface area contributed by atoms with Crippen molar-refractivity contribution in [3.63, 3.8) is 0 Å². The van der Waals surface area contributed by atoms with E-state index in [9.17, 15) is 9.59 Å². The van der Waals surface area contributed by atoms with Crippen molar-refractivity contribution in [3.05, 3.63) is 34.9 Å². The fourth-order valence-corrected chi connectivity index (χ4v) is 2.48. The lowest BCUT2D eigenvalue weighted by Gasteiger charge is -1.97. The van der Waals surface area contributed by atoms with E-state index in [2.05, 4.69) is 15.5 Å². The first kappa shape index (κ1) is 14.5. The molecule has 0 unspecified atom stereocenters. The molecule has 0 aliphatic carbocycles. The van der Waals surface area contributed by atoms with Gasteiger partial charge in [0.15, 0.2) is 5.17 Å². The van der Waals surface area contributed by atoms with Crippen LogP contribution in [-0.4, -0.2) is 33.6 Å². The third-order valence-electron chi connectivity index (χ3n) is 2.36. The van der Waals surface area contributed by atoms with Crippen LogP contribution in [0, 0.1) is 0 Å². The molecule has 1 aliphatic rings. The quantitative estimate of drug-likeness (QED) is 0.654. The highest BCUT2D eigenvalue weighted by atomic mass is 35.5. The molecule has 1 saturated heterocycles. The SMILES string of the molecule is O=C(O)C[C@@H]1S/C(=N/N=C\c2ccc(Cl)cc2)NC1=O. The van der Waals surface area contributed by atoms with E-state index < -0.39 is 11.2 Å². The molecule has 2 rings (SSSR count). The molecule has 20 heavy (non-hydrogen) atoms. The minimum atomic E-state index is -1.02. The van der Waals surface area contributed by atoms with Crippen LogP contribution in [0.4, 0.5) is 0 Å². The third kappa shape index (κ3) is 4.07. The number of nitrogens with one attached hydrogen (secondary N) is 1. The maximum atomic E-state index is 11.4. The second kappa shape index (κ2) is 6.53. The minimum absolute atomic E-state index is 0.240. The zero-order valence-corrected chi connectivity index (χ0v) is 11.7. The van der Waals surface area contributed by atoms with Gasteiger partial charge in [-0.05, 0) is 17.7 Å². The molecule has 0 saturated carbocycles. The number of thioether (sulfide) groups is 1. The summed E-state index contributed by atoms with van der Waals surface area (Å²) in [5.41, 5.74) is 0.815. The Kier molecular flexibility index (Phi) is 4.75. The van der Waals surface area contributed by atoms with Crippen molar-refractivity contribution in [2.75, 3.05) is 0 Å². The standard InChI is InChI=1S/C12H10ClN3O3S/c13-8-3-1-7(2-4-8)6-14-16-12-15-11(19)9(20-12)5-10(17)18/h1-4,6,9H,5H2,(H,17,18)(H,15,16,19)/b14-6-/t9-/m0/s1. The Morgan fingerprint density at radius 1 is 1.45 bits per heavy atom. The van der Waals surface area contributed by atoms with Crippen molar-refractivity contribution in [3.8, 4) is 0 Å². The van der Waals surface area contributed by atoms with Crippen molar-refractivity contribution < 1.29 is 14.7 Å². The van der Waals surface area contributed by atoms with Crippen LogP contribution in [-0.2, 0) is 9.59 Å². The van der Waals surface area contributed by atoms with Gasteiger partial charge in [0.1, 0.15) is 5.25 Å². The predicted molar refractivity (Wildman–Crippen MR) is 78.3 cm³/mol. The number of benzene rings is 1. The topological polar surface area (TPSA) is 91.1 Å². The number of carboxylic acid groups (broad SMARTS) is 1. The summed E-state index contributed by atoms with van der Waals surface area (Å²) in [5, 5.41) is 19.1. The highest BCUT2D eigenvalue weighted by Crippen LogP contribution is 2.22. The minimum Gasteiger partial charge on any atom is -0.481 e. The molecule has 1 heterocycles. The van der Waals surface area contributed by atoms with Crippen LogP contribution in [0.3, 0.4) is 0 Å². The molecule has 1 atom stereocenters. The summed E-state index contributed by atoms with van der Waals surface area (Å²) in [6.45, 7) is 0. The lowest BCUT2D eigenvalue weighted by molar-refractivity contribution is -0.138. The van der Waals surface area contributed by atoms with E-state index in [1.165, 1.54) is 6.21 Å². The van der Waals surface area contributed by atoms with Crippen LogP contribution >= 0.6 is 23.4 Å². The summed E-state index contributed by atoms with van der Waals surface area (Å²) in [6.07, 6.45) is 1.27. The van der Waals surface area contributed by atoms with E-state index in [-0.39, 0.29) is 12.3 Å². The molecule has 0 spiro atoms. The molecule has 0 radical (unpaired) electrons. The average Bonchev–Trinajstić information content (AvgIpc) is 2.72. The van der Waals surface area contributed by atoms with E-state index >= 15 is 0 Å². The van der Waals surface area contributed by atoms with Crippen molar-refractivity contribution in [2.45, 2.75) is 11.7 Å². The van der Waals surface area contributed by atoms with E-state index in [4.69, 9.17) is 16.7 Å². The van der Waals surface area contributed by atoms with E-state index in [1.807, 2.05) is 0 Å². The van der Waals surface area contributed by atoms with Gasteiger partial charge in [-0.2, -0.15) is 5.10 Å².